The Bertz CT molecular complexity index is 618. The Morgan fingerprint density at radius 1 is 1.45 bits per heavy atom. The van der Waals surface area contributed by atoms with Gasteiger partial charge in [0, 0.05) is 7.11 Å². The second-order valence-electron chi connectivity index (χ2n) is 4.52. The Morgan fingerprint density at radius 3 is 2.95 bits per heavy atom. The van der Waals surface area contributed by atoms with Gasteiger partial charge in [-0.1, -0.05) is 0 Å². The van der Waals surface area contributed by atoms with Crippen molar-refractivity contribution in [2.75, 3.05) is 19.5 Å². The fourth-order valence-corrected chi connectivity index (χ4v) is 2.40. The third-order valence-corrected chi connectivity index (χ3v) is 3.43. The highest BCUT2D eigenvalue weighted by Gasteiger charge is 2.45. The third kappa shape index (κ3) is 1.83. The number of hydrogen-bond donors (Lipinski definition) is 3. The van der Waals surface area contributed by atoms with Crippen LogP contribution in [0.2, 0.25) is 0 Å². The van der Waals surface area contributed by atoms with E-state index in [9.17, 15) is 10.2 Å². The van der Waals surface area contributed by atoms with E-state index in [0.29, 0.717) is 11.2 Å². The van der Waals surface area contributed by atoms with Gasteiger partial charge in [-0.3, -0.25) is 4.57 Å². The van der Waals surface area contributed by atoms with Gasteiger partial charge >= 0.3 is 0 Å². The fraction of sp³-hybridized carbons (Fsp3) is 0.545. The van der Waals surface area contributed by atoms with Crippen molar-refractivity contribution in [1.82, 2.24) is 19.5 Å². The first-order valence-corrected chi connectivity index (χ1v) is 6.07. The highest BCUT2D eigenvalue weighted by molar-refractivity contribution is 5.81. The second kappa shape index (κ2) is 4.94. The van der Waals surface area contributed by atoms with Gasteiger partial charge in [0.25, 0.3) is 0 Å². The molecule has 2 aromatic rings. The minimum atomic E-state index is -0.938. The first-order valence-electron chi connectivity index (χ1n) is 6.07. The molecule has 3 heterocycles. The summed E-state index contributed by atoms with van der Waals surface area (Å²) in [6.45, 7) is -0.304. The maximum absolute atomic E-state index is 10.0. The van der Waals surface area contributed by atoms with Crippen LogP contribution in [0.25, 0.3) is 11.2 Å². The fourth-order valence-electron chi connectivity index (χ4n) is 2.40. The maximum atomic E-state index is 10.0. The number of ether oxygens (including phenoxy) is 2. The Balaban J connectivity index is 2.04. The molecular formula is C11H15N5O4. The molecule has 0 saturated carbocycles. The molecule has 108 valence electrons. The van der Waals surface area contributed by atoms with Gasteiger partial charge in [0.05, 0.1) is 12.9 Å². The summed E-state index contributed by atoms with van der Waals surface area (Å²) in [6.07, 6.45) is -0.119. The molecule has 20 heavy (non-hydrogen) atoms. The van der Waals surface area contributed by atoms with Gasteiger partial charge in [-0.05, 0) is 0 Å². The number of aromatic nitrogens is 4. The third-order valence-electron chi connectivity index (χ3n) is 3.43. The van der Waals surface area contributed by atoms with E-state index in [1.807, 2.05) is 0 Å². The summed E-state index contributed by atoms with van der Waals surface area (Å²) in [5.74, 6) is 0.264. The standard InChI is InChI=1S/C11H15N5O4/c1-19-8-7(18)5(2-17)20-11(8)16-4-15-6-9(12)13-3-14-10(6)16/h3-5,7-8,11,17-18H,2H2,1H3,(H2,12,13,14)/t5-,7-,8-,11-/m1/s1/i1+1. The number of rotatable bonds is 3. The van der Waals surface area contributed by atoms with Crippen molar-refractivity contribution in [1.29, 1.82) is 0 Å². The van der Waals surface area contributed by atoms with E-state index in [-0.39, 0.29) is 12.4 Å². The zero-order chi connectivity index (χ0) is 14.3. The van der Waals surface area contributed by atoms with Crippen molar-refractivity contribution < 1.29 is 19.7 Å². The average molecular weight is 282 g/mol. The Morgan fingerprint density at radius 2 is 2.25 bits per heavy atom. The molecule has 0 aromatic carbocycles. The quantitative estimate of drug-likeness (QED) is 0.591. The predicted octanol–water partition coefficient (Wildman–Crippen LogP) is -1.33. The average Bonchev–Trinajstić information content (AvgIpc) is 3.00. The van der Waals surface area contributed by atoms with Gasteiger partial charge in [0.2, 0.25) is 0 Å². The molecule has 1 saturated heterocycles. The minimum absolute atomic E-state index is 0.264. The lowest BCUT2D eigenvalue weighted by Crippen LogP contribution is -2.34. The highest BCUT2D eigenvalue weighted by Crippen LogP contribution is 2.33. The molecule has 0 radical (unpaired) electrons. The number of methoxy groups -OCH3 is 1. The monoisotopic (exact) mass is 282 g/mol. The van der Waals surface area contributed by atoms with Crippen LogP contribution in [0.4, 0.5) is 5.82 Å². The first kappa shape index (κ1) is 13.2. The van der Waals surface area contributed by atoms with E-state index in [2.05, 4.69) is 15.0 Å². The zero-order valence-corrected chi connectivity index (χ0v) is 10.7. The van der Waals surface area contributed by atoms with Crippen LogP contribution < -0.4 is 5.73 Å². The van der Waals surface area contributed by atoms with E-state index in [0.717, 1.165) is 0 Å². The van der Waals surface area contributed by atoms with Crippen molar-refractivity contribution in [3.05, 3.63) is 12.7 Å². The molecule has 2 aromatic heterocycles. The van der Waals surface area contributed by atoms with Gasteiger partial charge < -0.3 is 25.4 Å². The van der Waals surface area contributed by atoms with E-state index >= 15 is 0 Å². The topological polar surface area (TPSA) is 129 Å². The van der Waals surface area contributed by atoms with Crippen LogP contribution >= 0.6 is 0 Å². The van der Waals surface area contributed by atoms with Crippen molar-refractivity contribution in [2.24, 2.45) is 0 Å². The smallest absolute Gasteiger partial charge is 0.167 e. The van der Waals surface area contributed by atoms with Gasteiger partial charge in [0.1, 0.15) is 30.2 Å². The number of fused-ring (bicyclic) bond motifs is 1. The van der Waals surface area contributed by atoms with Crippen molar-refractivity contribution in [2.45, 2.75) is 24.5 Å². The predicted molar refractivity (Wildman–Crippen MR) is 67.5 cm³/mol. The summed E-state index contributed by atoms with van der Waals surface area (Å²) >= 11 is 0. The summed E-state index contributed by atoms with van der Waals surface area (Å²) in [4.78, 5) is 12.1. The summed E-state index contributed by atoms with van der Waals surface area (Å²) in [5, 5.41) is 19.3. The van der Waals surface area contributed by atoms with Gasteiger partial charge in [-0.25, -0.2) is 15.0 Å². The van der Waals surface area contributed by atoms with E-state index in [1.54, 1.807) is 4.57 Å². The van der Waals surface area contributed by atoms with Crippen molar-refractivity contribution in [3.63, 3.8) is 0 Å². The van der Waals surface area contributed by atoms with E-state index in [4.69, 9.17) is 15.2 Å². The molecule has 9 nitrogen and oxygen atoms in total. The lowest BCUT2D eigenvalue weighted by Gasteiger charge is -2.19. The van der Waals surface area contributed by atoms with Crippen molar-refractivity contribution >= 4 is 17.0 Å². The maximum Gasteiger partial charge on any atom is 0.167 e. The SMILES string of the molecule is [13CH3]O[C@@H]1[C@H](O)[C@@H](CO)O[C@H]1n1cnc2c(N)ncnc21. The molecule has 4 N–H and O–H groups in total. The zero-order valence-electron chi connectivity index (χ0n) is 10.7. The number of hydrogen-bond acceptors (Lipinski definition) is 8. The van der Waals surface area contributed by atoms with Crippen LogP contribution in [-0.2, 0) is 9.47 Å². The van der Waals surface area contributed by atoms with Gasteiger partial charge in [-0.2, -0.15) is 0 Å². The molecule has 4 atom stereocenters. The van der Waals surface area contributed by atoms with Crippen LogP contribution in [0.3, 0.4) is 0 Å². The summed E-state index contributed by atoms with van der Waals surface area (Å²) in [7, 11) is 1.46. The molecule has 3 rings (SSSR count). The summed E-state index contributed by atoms with van der Waals surface area (Å²) in [6, 6.07) is 0. The van der Waals surface area contributed by atoms with Crippen LogP contribution in [0, 0.1) is 0 Å². The molecule has 1 aliphatic heterocycles. The number of imidazole rings is 1. The minimum Gasteiger partial charge on any atom is -0.394 e. The Hall–Kier alpha value is -1.81. The molecule has 0 spiro atoms. The number of nitrogen functional groups attached to an aromatic ring is 1. The number of nitrogens with zero attached hydrogens (tertiary/aromatic N) is 4. The first-order chi connectivity index (χ1) is 9.67. The van der Waals surface area contributed by atoms with Crippen LogP contribution in [0.15, 0.2) is 12.7 Å². The lowest BCUT2D eigenvalue weighted by molar-refractivity contribution is -0.0583. The van der Waals surface area contributed by atoms with Crippen molar-refractivity contribution in [3.8, 4) is 0 Å². The molecular weight excluding hydrogens is 267 g/mol. The second-order valence-corrected chi connectivity index (χ2v) is 4.52. The molecule has 0 amide bonds. The number of aliphatic hydroxyl groups is 2. The molecule has 0 bridgehead atoms. The normalized spacial score (nSPS) is 30.1. The lowest BCUT2D eigenvalue weighted by atomic mass is 10.1. The molecule has 1 fully saturated rings. The molecule has 0 aliphatic carbocycles. The molecule has 1 aliphatic rings. The highest BCUT2D eigenvalue weighted by atomic mass is 16.6. The van der Waals surface area contributed by atoms with Gasteiger partial charge in [-0.15, -0.1) is 0 Å². The van der Waals surface area contributed by atoms with E-state index < -0.39 is 24.5 Å². The number of anilines is 1. The number of aliphatic hydroxyl groups excluding tert-OH is 2. The van der Waals surface area contributed by atoms with Gasteiger partial charge in [0.15, 0.2) is 17.7 Å². The number of nitrogens with two attached hydrogens (primary N) is 1. The van der Waals surface area contributed by atoms with Crippen LogP contribution in [0.1, 0.15) is 6.23 Å². The van der Waals surface area contributed by atoms with E-state index in [1.165, 1.54) is 19.8 Å². The molecule has 9 heteroatoms. The van der Waals surface area contributed by atoms with Crippen LogP contribution in [0.5, 0.6) is 0 Å². The largest absolute Gasteiger partial charge is 0.394 e. The summed E-state index contributed by atoms with van der Waals surface area (Å²) < 4.78 is 12.5. The van der Waals surface area contributed by atoms with Crippen LogP contribution in [-0.4, -0.2) is 61.8 Å². The Kier molecular flexibility index (Phi) is 3.26. The molecule has 0 unspecified atom stereocenters. The summed E-state index contributed by atoms with van der Waals surface area (Å²) in [5.41, 5.74) is 6.66. The Labute approximate surface area is 114 Å².